The number of rotatable bonds is 0. The second-order valence-corrected chi connectivity index (χ2v) is 3.77. The Morgan fingerprint density at radius 1 is 1.42 bits per heavy atom. The molecule has 1 rings (SSSR count). The molecule has 0 N–H and O–H groups in total. The Balaban J connectivity index is 3.24. The van der Waals surface area contributed by atoms with Gasteiger partial charge in [0.05, 0.1) is 0 Å². The summed E-state index contributed by atoms with van der Waals surface area (Å²) in [7, 11) is 0.295. The maximum atomic E-state index is 5.39. The van der Waals surface area contributed by atoms with E-state index in [4.69, 9.17) is 12.8 Å². The van der Waals surface area contributed by atoms with Crippen molar-refractivity contribution in [2.45, 2.75) is 13.0 Å². The van der Waals surface area contributed by atoms with Gasteiger partial charge in [0, 0.05) is 11.1 Å². The monoisotopic (exact) mass is 170 g/mol. The van der Waals surface area contributed by atoms with Gasteiger partial charge in [0.2, 0.25) is 0 Å². The summed E-state index contributed by atoms with van der Waals surface area (Å²) in [5.41, 5.74) is 1.82. The molecule has 1 aliphatic carbocycles. The van der Waals surface area contributed by atoms with Crippen LogP contribution in [0.2, 0.25) is 6.55 Å². The van der Waals surface area contributed by atoms with Crippen LogP contribution in [0.3, 0.4) is 0 Å². The number of terminal acetylenes is 2. The van der Waals surface area contributed by atoms with Gasteiger partial charge in [-0.3, -0.25) is 0 Å². The second-order valence-electron chi connectivity index (χ2n) is 2.50. The van der Waals surface area contributed by atoms with Gasteiger partial charge in [0.25, 0.3) is 0 Å². The molecule has 58 valence electrons. The van der Waals surface area contributed by atoms with E-state index in [9.17, 15) is 0 Å². The molecule has 0 spiro atoms. The molecule has 0 atom stereocenters. The third kappa shape index (κ3) is 1.47. The van der Waals surface area contributed by atoms with E-state index in [1.807, 2.05) is 6.08 Å². The fourth-order valence-corrected chi connectivity index (χ4v) is 2.11. The third-order valence-corrected chi connectivity index (χ3v) is 3.08. The normalized spacial score (nSPS) is 19.1. The Labute approximate surface area is 75.8 Å². The van der Waals surface area contributed by atoms with Crippen LogP contribution in [0.25, 0.3) is 0 Å². The zero-order valence-electron chi connectivity index (χ0n) is 7.09. The molecule has 0 aromatic heterocycles. The molecular weight excluding hydrogens is 160 g/mol. The van der Waals surface area contributed by atoms with Crippen molar-refractivity contribution in [2.75, 3.05) is 0 Å². The van der Waals surface area contributed by atoms with E-state index in [0.717, 1.165) is 17.6 Å². The topological polar surface area (TPSA) is 0 Å². The second kappa shape index (κ2) is 3.90. The van der Waals surface area contributed by atoms with E-state index in [2.05, 4.69) is 24.5 Å². The van der Waals surface area contributed by atoms with Crippen LogP contribution in [-0.4, -0.2) is 14.3 Å². The number of allylic oxidation sites excluding steroid dienone is 4. The Morgan fingerprint density at radius 2 is 2.17 bits per heavy atom. The quantitative estimate of drug-likeness (QED) is 0.378. The SMILES string of the molecule is C#CC1=C(C#C)C(=[SiH]C)CC=C1. The lowest BCUT2D eigenvalue weighted by molar-refractivity contribution is 1.44. The molecule has 0 aliphatic heterocycles. The zero-order valence-corrected chi connectivity index (χ0v) is 8.25. The molecule has 0 amide bonds. The van der Waals surface area contributed by atoms with Crippen LogP contribution in [0.4, 0.5) is 0 Å². The molecule has 0 aromatic carbocycles. The first-order chi connectivity index (χ1) is 5.83. The van der Waals surface area contributed by atoms with Crippen molar-refractivity contribution >= 4 is 14.3 Å². The minimum atomic E-state index is 0.295. The van der Waals surface area contributed by atoms with Crippen LogP contribution in [0.1, 0.15) is 6.42 Å². The van der Waals surface area contributed by atoms with E-state index in [0.29, 0.717) is 9.13 Å². The summed E-state index contributed by atoms with van der Waals surface area (Å²) >= 11 is 0. The van der Waals surface area contributed by atoms with Crippen LogP contribution in [0.15, 0.2) is 23.3 Å². The van der Waals surface area contributed by atoms with Crippen LogP contribution < -0.4 is 0 Å². The van der Waals surface area contributed by atoms with Crippen LogP contribution in [0, 0.1) is 24.7 Å². The van der Waals surface area contributed by atoms with Gasteiger partial charge in [-0.15, -0.1) is 12.8 Å². The van der Waals surface area contributed by atoms with Gasteiger partial charge in [-0.2, -0.15) is 0 Å². The molecule has 0 saturated heterocycles. The lowest BCUT2D eigenvalue weighted by Crippen LogP contribution is -2.09. The van der Waals surface area contributed by atoms with Crippen molar-refractivity contribution in [3.05, 3.63) is 23.3 Å². The highest BCUT2D eigenvalue weighted by Gasteiger charge is 2.07. The highest BCUT2D eigenvalue weighted by Crippen LogP contribution is 2.14. The van der Waals surface area contributed by atoms with Crippen molar-refractivity contribution in [3.8, 4) is 24.7 Å². The van der Waals surface area contributed by atoms with Crippen LogP contribution in [0.5, 0.6) is 0 Å². The van der Waals surface area contributed by atoms with E-state index < -0.39 is 0 Å². The average molecular weight is 170 g/mol. The molecule has 0 nitrogen and oxygen atoms in total. The maximum Gasteiger partial charge on any atom is 0.0394 e. The van der Waals surface area contributed by atoms with Gasteiger partial charge in [-0.25, -0.2) is 0 Å². The Hall–Kier alpha value is -1.31. The minimum absolute atomic E-state index is 0.295. The van der Waals surface area contributed by atoms with E-state index in [1.165, 1.54) is 5.17 Å². The fraction of sp³-hybridized carbons (Fsp3) is 0.182. The van der Waals surface area contributed by atoms with Gasteiger partial charge in [0.15, 0.2) is 0 Å². The van der Waals surface area contributed by atoms with Crippen molar-refractivity contribution in [2.24, 2.45) is 0 Å². The largest absolute Gasteiger partial charge is 0.115 e. The number of hydrogen-bond acceptors (Lipinski definition) is 0. The first-order valence-corrected chi connectivity index (χ1v) is 5.56. The summed E-state index contributed by atoms with van der Waals surface area (Å²) in [6, 6.07) is 0. The molecule has 0 radical (unpaired) electrons. The summed E-state index contributed by atoms with van der Waals surface area (Å²) in [6.45, 7) is 2.18. The fourth-order valence-electron chi connectivity index (χ4n) is 1.22. The van der Waals surface area contributed by atoms with Crippen molar-refractivity contribution in [1.29, 1.82) is 0 Å². The standard InChI is InChI=1S/C11H10Si/c1-4-9-7-6-8-11(12-3)10(9)5-2/h1-2,6-7,12H,8H2,3H3. The molecule has 1 aliphatic rings. The van der Waals surface area contributed by atoms with Gasteiger partial charge in [-0.1, -0.05) is 29.6 Å². The Morgan fingerprint density at radius 3 is 2.67 bits per heavy atom. The lowest BCUT2D eigenvalue weighted by Gasteiger charge is -2.10. The van der Waals surface area contributed by atoms with Crippen molar-refractivity contribution in [3.63, 3.8) is 0 Å². The lowest BCUT2D eigenvalue weighted by atomic mass is 9.98. The van der Waals surface area contributed by atoms with Gasteiger partial charge in [-0.05, 0) is 21.6 Å². The predicted molar refractivity (Wildman–Crippen MR) is 56.5 cm³/mol. The third-order valence-electron chi connectivity index (χ3n) is 1.86. The van der Waals surface area contributed by atoms with E-state index in [-0.39, 0.29) is 0 Å². The zero-order chi connectivity index (χ0) is 8.97. The van der Waals surface area contributed by atoms with Crippen molar-refractivity contribution in [1.82, 2.24) is 0 Å². The molecule has 1 heteroatoms. The summed E-state index contributed by atoms with van der Waals surface area (Å²) in [5.74, 6) is 5.29. The molecule has 0 saturated carbocycles. The molecular formula is C11H10Si. The maximum absolute atomic E-state index is 5.39. The average Bonchev–Trinajstić information content (AvgIpc) is 2.16. The minimum Gasteiger partial charge on any atom is -0.115 e. The molecule has 0 aromatic rings. The van der Waals surface area contributed by atoms with Gasteiger partial charge in [0.1, 0.15) is 0 Å². The molecule has 0 bridgehead atoms. The first kappa shape index (κ1) is 8.78. The predicted octanol–water partition coefficient (Wildman–Crippen LogP) is 1.17. The Bertz CT molecular complexity index is 353. The summed E-state index contributed by atoms with van der Waals surface area (Å²) < 4.78 is 0. The van der Waals surface area contributed by atoms with E-state index >= 15 is 0 Å². The van der Waals surface area contributed by atoms with Crippen molar-refractivity contribution < 1.29 is 0 Å². The molecule has 0 unspecified atom stereocenters. The summed E-state index contributed by atoms with van der Waals surface area (Å²) in [6.07, 6.45) is 15.7. The van der Waals surface area contributed by atoms with Crippen LogP contribution in [-0.2, 0) is 0 Å². The number of hydrogen-bond donors (Lipinski definition) is 0. The van der Waals surface area contributed by atoms with Gasteiger partial charge >= 0.3 is 0 Å². The highest BCUT2D eigenvalue weighted by molar-refractivity contribution is 6.58. The molecule has 0 heterocycles. The molecule has 0 fully saturated rings. The van der Waals surface area contributed by atoms with E-state index in [1.54, 1.807) is 0 Å². The smallest absolute Gasteiger partial charge is 0.0394 e. The summed E-state index contributed by atoms with van der Waals surface area (Å²) in [4.78, 5) is 0. The molecule has 12 heavy (non-hydrogen) atoms. The van der Waals surface area contributed by atoms with Crippen LogP contribution >= 0.6 is 0 Å². The Kier molecular flexibility index (Phi) is 2.86. The summed E-state index contributed by atoms with van der Waals surface area (Å²) in [5, 5.41) is 1.35. The highest BCUT2D eigenvalue weighted by atomic mass is 28.2. The van der Waals surface area contributed by atoms with Gasteiger partial charge < -0.3 is 0 Å². The first-order valence-electron chi connectivity index (χ1n) is 3.83.